The Morgan fingerprint density at radius 3 is 2.95 bits per heavy atom. The summed E-state index contributed by atoms with van der Waals surface area (Å²) in [4.78, 5) is 12.0. The van der Waals surface area contributed by atoms with Gasteiger partial charge in [-0.05, 0) is 31.4 Å². The lowest BCUT2D eigenvalue weighted by atomic mass is 10.1. The molecule has 1 aromatic carbocycles. The number of amides is 1. The number of carbonyl (C=O) groups excluding carboxylic acids is 1. The predicted octanol–water partition coefficient (Wildman–Crippen LogP) is 1.22. The van der Waals surface area contributed by atoms with Crippen LogP contribution in [0.4, 0.5) is 0 Å². The number of aliphatic hydroxyl groups is 1. The molecule has 0 unspecified atom stereocenters. The Balaban J connectivity index is 1.86. The van der Waals surface area contributed by atoms with Crippen LogP contribution in [-0.4, -0.2) is 35.7 Å². The third-order valence-corrected chi connectivity index (χ3v) is 4.07. The molecular weight excluding hydrogens is 308 g/mol. The highest BCUT2D eigenvalue weighted by Gasteiger charge is 2.28. The number of β-amino-alcohol motifs (C(OH)–C–C–N with tert-alkyl or cyclic N) is 1. The molecular formula is C14H19BrN2O2. The van der Waals surface area contributed by atoms with Crippen LogP contribution < -0.4 is 10.6 Å². The van der Waals surface area contributed by atoms with Crippen LogP contribution in [0.5, 0.6) is 0 Å². The number of hydrogen-bond donors (Lipinski definition) is 3. The van der Waals surface area contributed by atoms with Gasteiger partial charge in [-0.15, -0.1) is 0 Å². The zero-order valence-electron chi connectivity index (χ0n) is 10.9. The van der Waals surface area contributed by atoms with Gasteiger partial charge in [0.25, 0.3) is 0 Å². The van der Waals surface area contributed by atoms with Crippen molar-refractivity contribution in [3.8, 4) is 0 Å². The van der Waals surface area contributed by atoms with Crippen molar-refractivity contribution in [3.05, 3.63) is 34.3 Å². The van der Waals surface area contributed by atoms with Crippen LogP contribution in [0.1, 0.15) is 18.9 Å². The summed E-state index contributed by atoms with van der Waals surface area (Å²) in [7, 11) is 0. The highest BCUT2D eigenvalue weighted by Crippen LogP contribution is 2.17. The molecule has 0 radical (unpaired) electrons. The first-order valence-electron chi connectivity index (χ1n) is 6.51. The zero-order valence-corrected chi connectivity index (χ0v) is 12.5. The smallest absolute Gasteiger partial charge is 0.237 e. The molecule has 1 aliphatic heterocycles. The summed E-state index contributed by atoms with van der Waals surface area (Å²) < 4.78 is 1.06. The quantitative estimate of drug-likeness (QED) is 0.779. The van der Waals surface area contributed by atoms with E-state index in [2.05, 4.69) is 26.6 Å². The summed E-state index contributed by atoms with van der Waals surface area (Å²) in [5, 5.41) is 15.4. The van der Waals surface area contributed by atoms with E-state index >= 15 is 0 Å². The Morgan fingerprint density at radius 2 is 2.32 bits per heavy atom. The van der Waals surface area contributed by atoms with Crippen LogP contribution in [0.15, 0.2) is 28.7 Å². The van der Waals surface area contributed by atoms with Crippen molar-refractivity contribution in [3.63, 3.8) is 0 Å². The molecule has 19 heavy (non-hydrogen) atoms. The van der Waals surface area contributed by atoms with Gasteiger partial charge in [0.05, 0.1) is 12.1 Å². The van der Waals surface area contributed by atoms with Crippen LogP contribution in [0.2, 0.25) is 0 Å². The van der Waals surface area contributed by atoms with Crippen LogP contribution in [-0.2, 0) is 11.2 Å². The maximum atomic E-state index is 12.0. The Bertz CT molecular complexity index is 453. The van der Waals surface area contributed by atoms with Crippen molar-refractivity contribution < 1.29 is 9.90 Å². The first kappa shape index (κ1) is 14.5. The van der Waals surface area contributed by atoms with E-state index in [9.17, 15) is 9.90 Å². The first-order valence-corrected chi connectivity index (χ1v) is 7.31. The zero-order chi connectivity index (χ0) is 13.8. The second-order valence-corrected chi connectivity index (χ2v) is 5.91. The minimum absolute atomic E-state index is 0.0314. The molecule has 0 bridgehead atoms. The van der Waals surface area contributed by atoms with Crippen LogP contribution in [0.3, 0.4) is 0 Å². The average molecular weight is 327 g/mol. The number of rotatable bonds is 4. The lowest BCUT2D eigenvalue weighted by Crippen LogP contribution is -2.44. The van der Waals surface area contributed by atoms with E-state index in [1.54, 1.807) is 0 Å². The van der Waals surface area contributed by atoms with Gasteiger partial charge in [0.1, 0.15) is 0 Å². The molecule has 0 saturated carbocycles. The second kappa shape index (κ2) is 6.50. The van der Waals surface area contributed by atoms with Crippen LogP contribution in [0.25, 0.3) is 0 Å². The molecule has 3 atom stereocenters. The van der Waals surface area contributed by atoms with Crippen LogP contribution in [0, 0.1) is 0 Å². The van der Waals surface area contributed by atoms with E-state index in [-0.39, 0.29) is 18.0 Å². The van der Waals surface area contributed by atoms with Crippen molar-refractivity contribution in [1.82, 2.24) is 10.6 Å². The third-order valence-electron chi connectivity index (χ3n) is 3.30. The van der Waals surface area contributed by atoms with E-state index < -0.39 is 6.10 Å². The van der Waals surface area contributed by atoms with Gasteiger partial charge in [-0.25, -0.2) is 0 Å². The monoisotopic (exact) mass is 326 g/mol. The number of carbonyl (C=O) groups is 1. The molecule has 104 valence electrons. The minimum Gasteiger partial charge on any atom is -0.392 e. The van der Waals surface area contributed by atoms with Crippen molar-refractivity contribution in [1.29, 1.82) is 0 Å². The molecule has 1 saturated heterocycles. The lowest BCUT2D eigenvalue weighted by Gasteiger charge is -2.17. The van der Waals surface area contributed by atoms with E-state index in [0.717, 1.165) is 10.9 Å². The summed E-state index contributed by atoms with van der Waals surface area (Å²) in [6.45, 7) is 2.49. The Kier molecular flexibility index (Phi) is 4.96. The molecule has 0 aromatic heterocycles. The molecule has 3 N–H and O–H groups in total. The fourth-order valence-electron chi connectivity index (χ4n) is 2.31. The minimum atomic E-state index is -0.408. The van der Waals surface area contributed by atoms with Crippen molar-refractivity contribution in [2.24, 2.45) is 0 Å². The topological polar surface area (TPSA) is 61.4 Å². The Labute approximate surface area is 121 Å². The predicted molar refractivity (Wildman–Crippen MR) is 77.9 cm³/mol. The Morgan fingerprint density at radius 1 is 1.58 bits per heavy atom. The second-order valence-electron chi connectivity index (χ2n) is 5.06. The summed E-state index contributed by atoms with van der Waals surface area (Å²) in [5.41, 5.74) is 1.18. The largest absolute Gasteiger partial charge is 0.392 e. The summed E-state index contributed by atoms with van der Waals surface area (Å²) in [6, 6.07) is 7.80. The number of aliphatic hydroxyl groups excluding tert-OH is 1. The van der Waals surface area contributed by atoms with Gasteiger partial charge in [0.15, 0.2) is 0 Å². The molecule has 1 fully saturated rings. The average Bonchev–Trinajstić information content (AvgIpc) is 2.79. The van der Waals surface area contributed by atoms with Gasteiger partial charge >= 0.3 is 0 Å². The van der Waals surface area contributed by atoms with Crippen LogP contribution >= 0.6 is 15.9 Å². The first-order chi connectivity index (χ1) is 9.06. The molecule has 1 heterocycles. The van der Waals surface area contributed by atoms with E-state index in [0.29, 0.717) is 13.0 Å². The fourth-order valence-corrected chi connectivity index (χ4v) is 2.75. The lowest BCUT2D eigenvalue weighted by molar-refractivity contribution is -0.123. The normalized spacial score (nSPS) is 24.2. The molecule has 0 spiro atoms. The number of hydrogen-bond acceptors (Lipinski definition) is 3. The van der Waals surface area contributed by atoms with Gasteiger partial charge in [-0.3, -0.25) is 4.79 Å². The van der Waals surface area contributed by atoms with Gasteiger partial charge in [-0.1, -0.05) is 34.1 Å². The van der Waals surface area contributed by atoms with Gasteiger partial charge in [0.2, 0.25) is 5.91 Å². The van der Waals surface area contributed by atoms with E-state index in [4.69, 9.17) is 0 Å². The maximum absolute atomic E-state index is 12.0. The molecule has 1 amide bonds. The SMILES string of the molecule is C[C@@H](Cc1ccccc1Br)NC(=O)[C@H]1C[C@H](O)CN1. The van der Waals surface area contributed by atoms with Gasteiger partial charge < -0.3 is 15.7 Å². The molecule has 4 nitrogen and oxygen atoms in total. The van der Waals surface area contributed by atoms with Crippen molar-refractivity contribution >= 4 is 21.8 Å². The van der Waals surface area contributed by atoms with E-state index in [1.807, 2.05) is 31.2 Å². The Hall–Kier alpha value is -0.910. The highest BCUT2D eigenvalue weighted by atomic mass is 79.9. The summed E-state index contributed by atoms with van der Waals surface area (Å²) >= 11 is 3.51. The fraction of sp³-hybridized carbons (Fsp3) is 0.500. The van der Waals surface area contributed by atoms with Crippen molar-refractivity contribution in [2.75, 3.05) is 6.54 Å². The third kappa shape index (κ3) is 4.03. The number of nitrogens with one attached hydrogen (secondary N) is 2. The summed E-state index contributed by atoms with van der Waals surface area (Å²) in [5.74, 6) is -0.0314. The summed E-state index contributed by atoms with van der Waals surface area (Å²) in [6.07, 6.45) is 0.866. The molecule has 2 rings (SSSR count). The molecule has 0 aliphatic carbocycles. The number of benzene rings is 1. The maximum Gasteiger partial charge on any atom is 0.237 e. The number of halogens is 1. The standard InChI is InChI=1S/C14H19BrN2O2/c1-9(6-10-4-2-3-5-12(10)15)17-14(19)13-7-11(18)8-16-13/h2-5,9,11,13,16,18H,6-8H2,1H3,(H,17,19)/t9-,11-,13+/m0/s1. The van der Waals surface area contributed by atoms with E-state index in [1.165, 1.54) is 5.56 Å². The highest BCUT2D eigenvalue weighted by molar-refractivity contribution is 9.10. The molecule has 1 aromatic rings. The van der Waals surface area contributed by atoms with Gasteiger partial charge in [-0.2, -0.15) is 0 Å². The molecule has 5 heteroatoms. The molecule has 1 aliphatic rings. The van der Waals surface area contributed by atoms with Crippen molar-refractivity contribution in [2.45, 2.75) is 38.0 Å². The van der Waals surface area contributed by atoms with Gasteiger partial charge in [0, 0.05) is 17.1 Å².